The third kappa shape index (κ3) is 3.68. The summed E-state index contributed by atoms with van der Waals surface area (Å²) in [6.07, 6.45) is 5.00. The predicted molar refractivity (Wildman–Crippen MR) is 60.6 cm³/mol. The normalized spacial score (nSPS) is 12.3. The Morgan fingerprint density at radius 3 is 2.53 bits per heavy atom. The highest BCUT2D eigenvalue weighted by molar-refractivity contribution is 5.04. The Hall–Kier alpha value is -0.800. The quantitative estimate of drug-likeness (QED) is 0.784. The first-order chi connectivity index (χ1) is 7.09. The van der Waals surface area contributed by atoms with Crippen molar-refractivity contribution in [3.63, 3.8) is 0 Å². The average Bonchev–Trinajstić information content (AvgIpc) is 2.70. The lowest BCUT2D eigenvalue weighted by molar-refractivity contribution is 0.00127. The molecule has 1 aromatic heterocycles. The van der Waals surface area contributed by atoms with Gasteiger partial charge in [0, 0.05) is 18.7 Å². The average molecular weight is 211 g/mol. The fraction of sp³-hybridized carbons (Fsp3) is 0.667. The van der Waals surface area contributed by atoms with Crippen LogP contribution in [0.4, 0.5) is 0 Å². The second kappa shape index (κ2) is 5.33. The first-order valence-corrected chi connectivity index (χ1v) is 5.51. The van der Waals surface area contributed by atoms with E-state index in [0.717, 1.165) is 24.9 Å². The van der Waals surface area contributed by atoms with Crippen molar-refractivity contribution in [2.24, 2.45) is 0 Å². The molecule has 3 nitrogen and oxygen atoms in total. The van der Waals surface area contributed by atoms with Crippen LogP contribution in [0.3, 0.4) is 0 Å². The van der Waals surface area contributed by atoms with Gasteiger partial charge in [-0.3, -0.25) is 4.90 Å². The van der Waals surface area contributed by atoms with Crippen LogP contribution >= 0.6 is 0 Å². The smallest absolute Gasteiger partial charge is 0.0947 e. The topological polar surface area (TPSA) is 36.6 Å². The molecule has 0 radical (unpaired) electrons. The van der Waals surface area contributed by atoms with Gasteiger partial charge in [-0.05, 0) is 26.0 Å². The van der Waals surface area contributed by atoms with Gasteiger partial charge < -0.3 is 9.52 Å². The maximum absolute atomic E-state index is 10.2. The zero-order valence-corrected chi connectivity index (χ0v) is 9.86. The maximum atomic E-state index is 10.2. The molecule has 1 rings (SSSR count). The first-order valence-electron chi connectivity index (χ1n) is 5.51. The lowest BCUT2D eigenvalue weighted by Gasteiger charge is -2.30. The van der Waals surface area contributed by atoms with Gasteiger partial charge in [-0.25, -0.2) is 0 Å². The van der Waals surface area contributed by atoms with E-state index in [2.05, 4.69) is 4.90 Å². The Morgan fingerprint density at radius 2 is 2.07 bits per heavy atom. The Balaban J connectivity index is 2.44. The third-order valence-electron chi connectivity index (χ3n) is 2.91. The van der Waals surface area contributed by atoms with Gasteiger partial charge in [-0.15, -0.1) is 0 Å². The summed E-state index contributed by atoms with van der Waals surface area (Å²) in [5.41, 5.74) is 0.588. The maximum Gasteiger partial charge on any atom is 0.0947 e. The van der Waals surface area contributed by atoms with Gasteiger partial charge in [0.2, 0.25) is 0 Å². The number of nitrogens with zero attached hydrogens (tertiary/aromatic N) is 1. The largest absolute Gasteiger partial charge is 0.472 e. The molecule has 86 valence electrons. The molecule has 0 saturated heterocycles. The minimum atomic E-state index is -0.557. The fourth-order valence-corrected chi connectivity index (χ4v) is 1.73. The summed E-state index contributed by atoms with van der Waals surface area (Å²) in [7, 11) is 2.02. The van der Waals surface area contributed by atoms with Gasteiger partial charge >= 0.3 is 0 Å². The van der Waals surface area contributed by atoms with Crippen molar-refractivity contribution in [3.05, 3.63) is 24.2 Å². The van der Waals surface area contributed by atoms with Crippen molar-refractivity contribution >= 4 is 0 Å². The Morgan fingerprint density at radius 1 is 1.40 bits per heavy atom. The Bertz CT molecular complexity index is 265. The van der Waals surface area contributed by atoms with Crippen LogP contribution in [0, 0.1) is 0 Å². The van der Waals surface area contributed by atoms with E-state index in [1.54, 1.807) is 12.5 Å². The van der Waals surface area contributed by atoms with E-state index in [4.69, 9.17) is 4.42 Å². The van der Waals surface area contributed by atoms with Crippen molar-refractivity contribution in [1.82, 2.24) is 4.90 Å². The molecular formula is C12H21NO2. The zero-order chi connectivity index (χ0) is 11.3. The fourth-order valence-electron chi connectivity index (χ4n) is 1.73. The zero-order valence-electron chi connectivity index (χ0n) is 9.86. The molecule has 0 aliphatic rings. The molecule has 0 atom stereocenters. The van der Waals surface area contributed by atoms with E-state index in [9.17, 15) is 5.11 Å². The molecule has 0 fully saturated rings. The minimum Gasteiger partial charge on any atom is -0.472 e. The molecule has 1 heterocycles. The molecular weight excluding hydrogens is 190 g/mol. The highest BCUT2D eigenvalue weighted by atomic mass is 16.3. The van der Waals surface area contributed by atoms with E-state index >= 15 is 0 Å². The summed E-state index contributed by atoms with van der Waals surface area (Å²) >= 11 is 0. The van der Waals surface area contributed by atoms with Crippen LogP contribution in [0.1, 0.15) is 32.3 Å². The number of furan rings is 1. The van der Waals surface area contributed by atoms with E-state index in [-0.39, 0.29) is 0 Å². The minimum absolute atomic E-state index is 0.557. The van der Waals surface area contributed by atoms with Gasteiger partial charge in [-0.2, -0.15) is 0 Å². The number of rotatable bonds is 6. The number of aliphatic hydroxyl groups is 1. The summed E-state index contributed by atoms with van der Waals surface area (Å²) < 4.78 is 5.01. The lowest BCUT2D eigenvalue weighted by Crippen LogP contribution is -2.40. The van der Waals surface area contributed by atoms with E-state index in [1.165, 1.54) is 0 Å². The van der Waals surface area contributed by atoms with Crippen molar-refractivity contribution in [2.45, 2.75) is 38.8 Å². The van der Waals surface area contributed by atoms with Crippen LogP contribution in [0.5, 0.6) is 0 Å². The molecule has 0 saturated carbocycles. The second-order valence-corrected chi connectivity index (χ2v) is 4.24. The molecule has 0 amide bonds. The molecule has 1 N–H and O–H groups in total. The predicted octanol–water partition coefficient (Wildman–Crippen LogP) is 2.26. The standard InChI is InChI=1S/C12H21NO2/c1-4-12(14,5-2)10-13(3)8-11-6-7-15-9-11/h6-7,9,14H,4-5,8,10H2,1-3H3. The van der Waals surface area contributed by atoms with Crippen molar-refractivity contribution in [1.29, 1.82) is 0 Å². The number of likely N-dealkylation sites (N-methyl/N-ethyl adjacent to an activating group) is 1. The Labute approximate surface area is 91.7 Å². The third-order valence-corrected chi connectivity index (χ3v) is 2.91. The molecule has 0 aromatic carbocycles. The monoisotopic (exact) mass is 211 g/mol. The van der Waals surface area contributed by atoms with Gasteiger partial charge in [0.15, 0.2) is 0 Å². The second-order valence-electron chi connectivity index (χ2n) is 4.24. The number of hydrogen-bond donors (Lipinski definition) is 1. The van der Waals surface area contributed by atoms with E-state index < -0.39 is 5.60 Å². The van der Waals surface area contributed by atoms with Crippen molar-refractivity contribution < 1.29 is 9.52 Å². The molecule has 3 heteroatoms. The molecule has 0 unspecified atom stereocenters. The van der Waals surface area contributed by atoms with Gasteiger partial charge in [0.25, 0.3) is 0 Å². The highest BCUT2D eigenvalue weighted by Crippen LogP contribution is 2.16. The van der Waals surface area contributed by atoms with E-state index in [1.807, 2.05) is 27.0 Å². The summed E-state index contributed by atoms with van der Waals surface area (Å²) in [4.78, 5) is 2.12. The molecule has 0 spiro atoms. The molecule has 0 bridgehead atoms. The van der Waals surface area contributed by atoms with Gasteiger partial charge in [0.05, 0.1) is 18.1 Å². The lowest BCUT2D eigenvalue weighted by atomic mass is 9.97. The molecule has 1 aromatic rings. The van der Waals surface area contributed by atoms with Crippen molar-refractivity contribution in [3.8, 4) is 0 Å². The van der Waals surface area contributed by atoms with Crippen LogP contribution < -0.4 is 0 Å². The Kier molecular flexibility index (Phi) is 4.36. The molecule has 0 aliphatic heterocycles. The molecule has 0 aliphatic carbocycles. The van der Waals surface area contributed by atoms with Crippen LogP contribution in [0.25, 0.3) is 0 Å². The van der Waals surface area contributed by atoms with Crippen LogP contribution in [-0.4, -0.2) is 29.2 Å². The summed E-state index contributed by atoms with van der Waals surface area (Å²) in [6.45, 7) is 5.56. The van der Waals surface area contributed by atoms with Gasteiger partial charge in [0.1, 0.15) is 0 Å². The highest BCUT2D eigenvalue weighted by Gasteiger charge is 2.23. The summed E-state index contributed by atoms with van der Waals surface area (Å²) in [5.74, 6) is 0. The summed E-state index contributed by atoms with van der Waals surface area (Å²) in [6, 6.07) is 1.95. The van der Waals surface area contributed by atoms with Crippen LogP contribution in [0.15, 0.2) is 23.0 Å². The first kappa shape index (κ1) is 12.3. The summed E-state index contributed by atoms with van der Waals surface area (Å²) in [5, 5.41) is 10.2. The van der Waals surface area contributed by atoms with Crippen molar-refractivity contribution in [2.75, 3.05) is 13.6 Å². The molecule has 15 heavy (non-hydrogen) atoms. The van der Waals surface area contributed by atoms with E-state index in [0.29, 0.717) is 6.54 Å². The van der Waals surface area contributed by atoms with Crippen LogP contribution in [-0.2, 0) is 6.54 Å². The number of hydrogen-bond acceptors (Lipinski definition) is 3. The van der Waals surface area contributed by atoms with Gasteiger partial charge in [-0.1, -0.05) is 13.8 Å². The SMILES string of the molecule is CCC(O)(CC)CN(C)Cc1ccoc1. The van der Waals surface area contributed by atoms with Crippen LogP contribution in [0.2, 0.25) is 0 Å².